The van der Waals surface area contributed by atoms with E-state index in [1.54, 1.807) is 30.3 Å². The zero-order valence-electron chi connectivity index (χ0n) is 18.0. The number of benzene rings is 1. The number of carbonyl (C=O) groups excluding carboxylic acids is 1. The number of fused-ring (bicyclic) bond motifs is 1. The average molecular weight is 432 g/mol. The number of nitrogens with zero attached hydrogens (tertiary/aromatic N) is 5. The minimum Gasteiger partial charge on any atom is -0.496 e. The Bertz CT molecular complexity index is 1180. The number of amides is 1. The monoisotopic (exact) mass is 432 g/mol. The van der Waals surface area contributed by atoms with Crippen molar-refractivity contribution in [2.75, 3.05) is 38.3 Å². The Hall–Kier alpha value is -3.72. The van der Waals surface area contributed by atoms with E-state index in [-0.39, 0.29) is 5.91 Å². The van der Waals surface area contributed by atoms with Crippen LogP contribution >= 0.6 is 0 Å². The largest absolute Gasteiger partial charge is 0.496 e. The first-order valence-corrected chi connectivity index (χ1v) is 10.5. The van der Waals surface area contributed by atoms with Gasteiger partial charge >= 0.3 is 0 Å². The second-order valence-corrected chi connectivity index (χ2v) is 7.74. The van der Waals surface area contributed by atoms with Crippen LogP contribution < -0.4 is 15.0 Å². The number of nitrogens with one attached hydrogen (secondary N) is 1. The number of hydrogen-bond acceptors (Lipinski definition) is 7. The Labute approximate surface area is 185 Å². The summed E-state index contributed by atoms with van der Waals surface area (Å²) in [6.07, 6.45) is 5.95. The minimum absolute atomic E-state index is 0.285. The van der Waals surface area contributed by atoms with Crippen molar-refractivity contribution in [1.82, 2.24) is 20.1 Å². The van der Waals surface area contributed by atoms with Crippen LogP contribution in [-0.4, -0.2) is 59.9 Å². The van der Waals surface area contributed by atoms with Gasteiger partial charge in [0.15, 0.2) is 0 Å². The molecule has 164 valence electrons. The SMILES string of the molecule is COc1ccc(-c2cnn(C)c2)c2c1CC(NC(=O)c1ccc(N3CCOCC3)cn1)=N2. The van der Waals surface area contributed by atoms with Crippen molar-refractivity contribution < 1.29 is 14.3 Å². The minimum atomic E-state index is -0.285. The molecule has 4 heterocycles. The lowest BCUT2D eigenvalue weighted by Crippen LogP contribution is -2.36. The Kier molecular flexibility index (Phi) is 5.32. The first-order chi connectivity index (χ1) is 15.6. The molecular formula is C23H24N6O3. The second kappa shape index (κ2) is 8.43. The maximum absolute atomic E-state index is 12.8. The summed E-state index contributed by atoms with van der Waals surface area (Å²) in [5, 5.41) is 7.17. The molecule has 0 aliphatic carbocycles. The summed E-state index contributed by atoms with van der Waals surface area (Å²) in [5.41, 5.74) is 4.98. The molecular weight excluding hydrogens is 408 g/mol. The van der Waals surface area contributed by atoms with Gasteiger partial charge in [-0.3, -0.25) is 9.48 Å². The number of carbonyl (C=O) groups is 1. The number of aliphatic imine (C=N–C) groups is 1. The number of amidine groups is 1. The van der Waals surface area contributed by atoms with Crippen molar-refractivity contribution in [2.45, 2.75) is 6.42 Å². The van der Waals surface area contributed by atoms with Crippen LogP contribution in [0.4, 0.5) is 11.4 Å². The van der Waals surface area contributed by atoms with Gasteiger partial charge in [0.1, 0.15) is 17.3 Å². The van der Waals surface area contributed by atoms with Gasteiger partial charge in [-0.25, -0.2) is 9.98 Å². The highest BCUT2D eigenvalue weighted by atomic mass is 16.5. The summed E-state index contributed by atoms with van der Waals surface area (Å²) in [6, 6.07) is 7.55. The van der Waals surface area contributed by atoms with Gasteiger partial charge in [0.2, 0.25) is 0 Å². The summed E-state index contributed by atoms with van der Waals surface area (Å²) >= 11 is 0. The van der Waals surface area contributed by atoms with Crippen LogP contribution in [0, 0.1) is 0 Å². The molecule has 9 nitrogen and oxygen atoms in total. The molecule has 2 aromatic heterocycles. The smallest absolute Gasteiger partial charge is 0.275 e. The van der Waals surface area contributed by atoms with Crippen LogP contribution in [0.5, 0.6) is 5.75 Å². The molecule has 1 N–H and O–H groups in total. The summed E-state index contributed by atoms with van der Waals surface area (Å²) in [4.78, 5) is 24.1. The number of methoxy groups -OCH3 is 1. The number of aromatic nitrogens is 3. The lowest BCUT2D eigenvalue weighted by Gasteiger charge is -2.28. The van der Waals surface area contributed by atoms with Crippen molar-refractivity contribution >= 4 is 23.1 Å². The molecule has 2 aliphatic rings. The van der Waals surface area contributed by atoms with Crippen molar-refractivity contribution in [3.05, 3.63) is 54.1 Å². The fourth-order valence-electron chi connectivity index (χ4n) is 4.04. The van der Waals surface area contributed by atoms with E-state index < -0.39 is 0 Å². The molecule has 5 rings (SSSR count). The summed E-state index contributed by atoms with van der Waals surface area (Å²) in [7, 11) is 3.51. The molecule has 1 amide bonds. The third-order valence-electron chi connectivity index (χ3n) is 5.68. The normalized spacial score (nSPS) is 15.3. The number of aryl methyl sites for hydroxylation is 1. The molecule has 1 fully saturated rings. The fourth-order valence-corrected chi connectivity index (χ4v) is 4.04. The quantitative estimate of drug-likeness (QED) is 0.680. The van der Waals surface area contributed by atoms with Gasteiger partial charge in [0, 0.05) is 49.4 Å². The molecule has 9 heteroatoms. The van der Waals surface area contributed by atoms with E-state index in [2.05, 4.69) is 20.3 Å². The van der Waals surface area contributed by atoms with Crippen molar-refractivity contribution in [1.29, 1.82) is 0 Å². The van der Waals surface area contributed by atoms with Crippen molar-refractivity contribution in [3.8, 4) is 16.9 Å². The molecule has 3 aromatic rings. The van der Waals surface area contributed by atoms with Crippen LogP contribution in [0.1, 0.15) is 16.1 Å². The lowest BCUT2D eigenvalue weighted by atomic mass is 10.0. The van der Waals surface area contributed by atoms with Crippen molar-refractivity contribution in [3.63, 3.8) is 0 Å². The van der Waals surface area contributed by atoms with Gasteiger partial charge in [-0.1, -0.05) is 0 Å². The highest BCUT2D eigenvalue weighted by molar-refractivity contribution is 6.09. The van der Waals surface area contributed by atoms with Gasteiger partial charge in [0.05, 0.1) is 44.1 Å². The zero-order chi connectivity index (χ0) is 22.1. The molecule has 1 aromatic carbocycles. The summed E-state index contributed by atoms with van der Waals surface area (Å²) in [6.45, 7) is 3.05. The van der Waals surface area contributed by atoms with E-state index in [1.165, 1.54) is 0 Å². The fraction of sp³-hybridized carbons (Fsp3) is 0.304. The first kappa shape index (κ1) is 20.2. The van der Waals surface area contributed by atoms with E-state index in [0.717, 1.165) is 46.9 Å². The molecule has 0 bridgehead atoms. The molecule has 32 heavy (non-hydrogen) atoms. The second-order valence-electron chi connectivity index (χ2n) is 7.74. The van der Waals surface area contributed by atoms with Gasteiger partial charge < -0.3 is 19.7 Å². The highest BCUT2D eigenvalue weighted by Crippen LogP contribution is 2.41. The van der Waals surface area contributed by atoms with E-state index in [1.807, 2.05) is 31.4 Å². The highest BCUT2D eigenvalue weighted by Gasteiger charge is 2.25. The Morgan fingerprint density at radius 2 is 2.00 bits per heavy atom. The number of anilines is 1. The van der Waals surface area contributed by atoms with Crippen LogP contribution in [0.3, 0.4) is 0 Å². The zero-order valence-corrected chi connectivity index (χ0v) is 18.0. The molecule has 0 saturated carbocycles. The predicted molar refractivity (Wildman–Crippen MR) is 121 cm³/mol. The number of rotatable bonds is 4. The maximum atomic E-state index is 12.8. The molecule has 0 spiro atoms. The third kappa shape index (κ3) is 3.82. The van der Waals surface area contributed by atoms with Crippen LogP contribution in [-0.2, 0) is 18.2 Å². The van der Waals surface area contributed by atoms with E-state index in [4.69, 9.17) is 14.5 Å². The van der Waals surface area contributed by atoms with Gasteiger partial charge in [-0.05, 0) is 24.3 Å². The Balaban J connectivity index is 1.35. The molecule has 1 saturated heterocycles. The number of ether oxygens (including phenoxy) is 2. The van der Waals surface area contributed by atoms with Crippen LogP contribution in [0.2, 0.25) is 0 Å². The first-order valence-electron chi connectivity index (χ1n) is 10.5. The van der Waals surface area contributed by atoms with Crippen molar-refractivity contribution in [2.24, 2.45) is 12.0 Å². The lowest BCUT2D eigenvalue weighted by molar-refractivity contribution is 0.0971. The van der Waals surface area contributed by atoms with Gasteiger partial charge in [-0.2, -0.15) is 5.10 Å². The number of pyridine rings is 1. The number of morpholine rings is 1. The third-order valence-corrected chi connectivity index (χ3v) is 5.68. The van der Waals surface area contributed by atoms with Crippen LogP contribution in [0.25, 0.3) is 11.1 Å². The Morgan fingerprint density at radius 1 is 1.16 bits per heavy atom. The van der Waals surface area contributed by atoms with Crippen LogP contribution in [0.15, 0.2) is 47.8 Å². The Morgan fingerprint density at radius 3 is 2.69 bits per heavy atom. The standard InChI is InChI=1S/C23H24N6O3/c1-28-14-15(12-25-28)17-4-6-20(31-2)18-11-21(26-22(17)18)27-23(30)19-5-3-16(13-24-19)29-7-9-32-10-8-29/h3-6,12-14H,7-11H2,1-2H3,(H,26,27,30). The average Bonchev–Trinajstić information content (AvgIpc) is 3.45. The summed E-state index contributed by atoms with van der Waals surface area (Å²) < 4.78 is 12.7. The summed E-state index contributed by atoms with van der Waals surface area (Å²) in [5.74, 6) is 1.03. The molecule has 0 atom stereocenters. The molecule has 0 radical (unpaired) electrons. The van der Waals surface area contributed by atoms with E-state index in [9.17, 15) is 4.79 Å². The topological polar surface area (TPSA) is 93.9 Å². The molecule has 2 aliphatic heterocycles. The van der Waals surface area contributed by atoms with E-state index in [0.29, 0.717) is 31.2 Å². The predicted octanol–water partition coefficient (Wildman–Crippen LogP) is 2.34. The van der Waals surface area contributed by atoms with Gasteiger partial charge in [0.25, 0.3) is 5.91 Å². The number of hydrogen-bond donors (Lipinski definition) is 1. The van der Waals surface area contributed by atoms with Gasteiger partial charge in [-0.15, -0.1) is 0 Å². The molecule has 0 unspecified atom stereocenters. The maximum Gasteiger partial charge on any atom is 0.275 e. The van der Waals surface area contributed by atoms with E-state index >= 15 is 0 Å².